The average molecular weight is 329 g/mol. The van der Waals surface area contributed by atoms with Crippen molar-refractivity contribution >= 4 is 27.3 Å². The molecule has 3 N–H and O–H groups in total. The molecule has 0 unspecified atom stereocenters. The molecule has 0 spiro atoms. The number of nitrogens with one attached hydrogen (secondary N) is 1. The number of aryl methyl sites for hydroxylation is 1. The lowest BCUT2D eigenvalue weighted by Crippen LogP contribution is -2.15. The molecule has 0 radical (unpaired) electrons. The second kappa shape index (κ2) is 6.01. The maximum absolute atomic E-state index is 13.2. The monoisotopic (exact) mass is 328 g/mol. The Hall–Kier alpha value is -1.63. The standard InChI is InChI=1S/C14H14ClFN2O2S/c1-9-2-4-11(16)7-13(9)18-21(19,20)14-6-10(8-17)3-5-12(14)15/h2-7,18H,8,17H2,1H3. The lowest BCUT2D eigenvalue weighted by atomic mass is 10.2. The first-order valence-corrected chi connectivity index (χ1v) is 7.97. The summed E-state index contributed by atoms with van der Waals surface area (Å²) in [5.74, 6) is -0.528. The summed E-state index contributed by atoms with van der Waals surface area (Å²) in [6.07, 6.45) is 0. The Bertz CT molecular complexity index is 779. The zero-order valence-corrected chi connectivity index (χ0v) is 12.8. The van der Waals surface area contributed by atoms with E-state index in [1.165, 1.54) is 24.3 Å². The van der Waals surface area contributed by atoms with Crippen LogP contribution in [0.25, 0.3) is 0 Å². The minimum Gasteiger partial charge on any atom is -0.326 e. The van der Waals surface area contributed by atoms with E-state index in [2.05, 4.69) is 4.72 Å². The summed E-state index contributed by atoms with van der Waals surface area (Å²) in [5.41, 5.74) is 6.91. The fraction of sp³-hybridized carbons (Fsp3) is 0.143. The van der Waals surface area contributed by atoms with E-state index in [4.69, 9.17) is 17.3 Å². The Morgan fingerprint density at radius 3 is 2.62 bits per heavy atom. The molecule has 4 nitrogen and oxygen atoms in total. The molecule has 0 saturated carbocycles. The molecule has 0 fully saturated rings. The van der Waals surface area contributed by atoms with Crippen molar-refractivity contribution in [3.05, 3.63) is 58.4 Å². The zero-order chi connectivity index (χ0) is 15.6. The van der Waals surface area contributed by atoms with Gasteiger partial charge in [-0.05, 0) is 42.3 Å². The molecule has 0 saturated heterocycles. The van der Waals surface area contributed by atoms with Gasteiger partial charge in [-0.2, -0.15) is 0 Å². The largest absolute Gasteiger partial charge is 0.326 e. The van der Waals surface area contributed by atoms with Crippen molar-refractivity contribution in [1.82, 2.24) is 0 Å². The van der Waals surface area contributed by atoms with Crippen molar-refractivity contribution < 1.29 is 12.8 Å². The summed E-state index contributed by atoms with van der Waals surface area (Å²) >= 11 is 5.94. The molecule has 112 valence electrons. The first-order valence-electron chi connectivity index (χ1n) is 6.11. The highest BCUT2D eigenvalue weighted by atomic mass is 35.5. The number of sulfonamides is 1. The number of hydrogen-bond acceptors (Lipinski definition) is 3. The van der Waals surface area contributed by atoms with Gasteiger partial charge >= 0.3 is 0 Å². The molecular formula is C14H14ClFN2O2S. The van der Waals surface area contributed by atoms with Crippen molar-refractivity contribution in [2.24, 2.45) is 5.73 Å². The fourth-order valence-electron chi connectivity index (χ4n) is 1.78. The van der Waals surface area contributed by atoms with Crippen molar-refractivity contribution in [3.8, 4) is 0 Å². The normalized spacial score (nSPS) is 11.4. The molecule has 2 aromatic rings. The Labute approximate surface area is 127 Å². The predicted molar refractivity (Wildman–Crippen MR) is 81.3 cm³/mol. The van der Waals surface area contributed by atoms with E-state index in [0.717, 1.165) is 6.07 Å². The third-order valence-electron chi connectivity index (χ3n) is 2.96. The first-order chi connectivity index (χ1) is 9.83. The van der Waals surface area contributed by atoms with Gasteiger partial charge in [0.1, 0.15) is 10.7 Å². The van der Waals surface area contributed by atoms with Gasteiger partial charge in [0.15, 0.2) is 0 Å². The quantitative estimate of drug-likeness (QED) is 0.906. The molecule has 21 heavy (non-hydrogen) atoms. The molecular weight excluding hydrogens is 315 g/mol. The van der Waals surface area contributed by atoms with E-state index in [-0.39, 0.29) is 22.2 Å². The van der Waals surface area contributed by atoms with Crippen LogP contribution in [0.5, 0.6) is 0 Å². The van der Waals surface area contributed by atoms with Gasteiger partial charge in [0.05, 0.1) is 10.7 Å². The lowest BCUT2D eigenvalue weighted by Gasteiger charge is -2.12. The molecule has 7 heteroatoms. The molecule has 2 aromatic carbocycles. The van der Waals surface area contributed by atoms with Gasteiger partial charge in [-0.15, -0.1) is 0 Å². The molecule has 0 aromatic heterocycles. The summed E-state index contributed by atoms with van der Waals surface area (Å²) in [6, 6.07) is 8.39. The number of anilines is 1. The van der Waals surface area contributed by atoms with Crippen LogP contribution in [0.3, 0.4) is 0 Å². The molecule has 0 aliphatic rings. The molecule has 0 heterocycles. The molecule has 0 amide bonds. The second-order valence-electron chi connectivity index (χ2n) is 4.53. The van der Waals surface area contributed by atoms with Crippen molar-refractivity contribution in [1.29, 1.82) is 0 Å². The third kappa shape index (κ3) is 3.53. The van der Waals surface area contributed by atoms with Crippen LogP contribution in [0.2, 0.25) is 5.02 Å². The Balaban J connectivity index is 2.45. The van der Waals surface area contributed by atoms with Gasteiger partial charge in [-0.3, -0.25) is 4.72 Å². The Morgan fingerprint density at radius 2 is 1.95 bits per heavy atom. The van der Waals surface area contributed by atoms with E-state index in [9.17, 15) is 12.8 Å². The maximum Gasteiger partial charge on any atom is 0.263 e. The van der Waals surface area contributed by atoms with Gasteiger partial charge in [0.25, 0.3) is 10.0 Å². The fourth-order valence-corrected chi connectivity index (χ4v) is 3.46. The second-order valence-corrected chi connectivity index (χ2v) is 6.59. The summed E-state index contributed by atoms with van der Waals surface area (Å²) in [6.45, 7) is 1.87. The van der Waals surface area contributed by atoms with E-state index in [1.807, 2.05) is 0 Å². The highest BCUT2D eigenvalue weighted by Gasteiger charge is 2.19. The SMILES string of the molecule is Cc1ccc(F)cc1NS(=O)(=O)c1cc(CN)ccc1Cl. The van der Waals surface area contributed by atoms with Crippen LogP contribution in [-0.4, -0.2) is 8.42 Å². The third-order valence-corrected chi connectivity index (χ3v) is 4.81. The first kappa shape index (κ1) is 15.8. The topological polar surface area (TPSA) is 72.2 Å². The summed E-state index contributed by atoms with van der Waals surface area (Å²) in [7, 11) is -3.92. The lowest BCUT2D eigenvalue weighted by molar-refractivity contribution is 0.601. The van der Waals surface area contributed by atoms with E-state index in [0.29, 0.717) is 11.1 Å². The molecule has 0 aliphatic heterocycles. The minimum atomic E-state index is -3.92. The number of hydrogen-bond donors (Lipinski definition) is 2. The average Bonchev–Trinajstić information content (AvgIpc) is 2.43. The maximum atomic E-state index is 13.2. The number of rotatable bonds is 4. The minimum absolute atomic E-state index is 0.0776. The number of benzene rings is 2. The predicted octanol–water partition coefficient (Wildman–Crippen LogP) is 3.05. The highest BCUT2D eigenvalue weighted by molar-refractivity contribution is 7.92. The van der Waals surface area contributed by atoms with Crippen molar-refractivity contribution in [2.75, 3.05) is 4.72 Å². The number of nitrogens with two attached hydrogens (primary N) is 1. The van der Waals surface area contributed by atoms with E-state index in [1.54, 1.807) is 13.0 Å². The van der Waals surface area contributed by atoms with Crippen LogP contribution in [0.4, 0.5) is 10.1 Å². The van der Waals surface area contributed by atoms with Crippen LogP contribution < -0.4 is 10.5 Å². The zero-order valence-electron chi connectivity index (χ0n) is 11.2. The summed E-state index contributed by atoms with van der Waals surface area (Å²) < 4.78 is 40.4. The highest BCUT2D eigenvalue weighted by Crippen LogP contribution is 2.26. The van der Waals surface area contributed by atoms with Crippen LogP contribution in [-0.2, 0) is 16.6 Å². The Morgan fingerprint density at radius 1 is 1.24 bits per heavy atom. The van der Waals surface area contributed by atoms with Gasteiger partial charge in [0, 0.05) is 6.54 Å². The van der Waals surface area contributed by atoms with Crippen molar-refractivity contribution in [3.63, 3.8) is 0 Å². The van der Waals surface area contributed by atoms with Gasteiger partial charge in [-0.25, -0.2) is 12.8 Å². The van der Waals surface area contributed by atoms with Gasteiger partial charge < -0.3 is 5.73 Å². The molecule has 0 atom stereocenters. The van der Waals surface area contributed by atoms with E-state index >= 15 is 0 Å². The van der Waals surface area contributed by atoms with Crippen molar-refractivity contribution in [2.45, 2.75) is 18.4 Å². The van der Waals surface area contributed by atoms with Crippen LogP contribution in [0.15, 0.2) is 41.3 Å². The summed E-state index contributed by atoms with van der Waals surface area (Å²) in [5, 5.41) is 0.0776. The summed E-state index contributed by atoms with van der Waals surface area (Å²) in [4.78, 5) is -0.0872. The molecule has 0 bridgehead atoms. The van der Waals surface area contributed by atoms with Gasteiger partial charge in [0.2, 0.25) is 0 Å². The molecule has 2 rings (SSSR count). The van der Waals surface area contributed by atoms with Crippen LogP contribution >= 0.6 is 11.6 Å². The van der Waals surface area contributed by atoms with E-state index < -0.39 is 15.8 Å². The smallest absolute Gasteiger partial charge is 0.263 e. The molecule has 0 aliphatic carbocycles. The number of halogens is 2. The Kier molecular flexibility index (Phi) is 4.51. The van der Waals surface area contributed by atoms with Crippen LogP contribution in [0.1, 0.15) is 11.1 Å². The van der Waals surface area contributed by atoms with Crippen LogP contribution in [0, 0.1) is 12.7 Å². The van der Waals surface area contributed by atoms with Gasteiger partial charge in [-0.1, -0.05) is 23.7 Å².